The normalized spacial score (nSPS) is 11.3. The minimum atomic E-state index is -0.667. The van der Waals surface area contributed by atoms with Crippen molar-refractivity contribution in [3.63, 3.8) is 0 Å². The molecule has 0 saturated carbocycles. The highest BCUT2D eigenvalue weighted by molar-refractivity contribution is 6.06. The number of rotatable bonds is 5. The van der Waals surface area contributed by atoms with Gasteiger partial charge in [0.2, 0.25) is 0 Å². The van der Waals surface area contributed by atoms with Crippen LogP contribution in [0.2, 0.25) is 0 Å². The fourth-order valence-electron chi connectivity index (χ4n) is 5.39. The fraction of sp³-hybridized carbons (Fsp3) is 0. The number of anilines is 3. The Morgan fingerprint density at radius 1 is 0.381 bits per heavy atom. The molecule has 0 amide bonds. The van der Waals surface area contributed by atoms with Gasteiger partial charge in [-0.05, 0) is 95.1 Å². The number of hydrogen-bond donors (Lipinski definition) is 0. The van der Waals surface area contributed by atoms with E-state index in [0.717, 1.165) is 39.8 Å². The lowest BCUT2D eigenvalue weighted by Crippen LogP contribution is -2.10. The SMILES string of the molecule is Fc1cc(F)cc(-c2cccc(N(c3cccc(-c4cc(F)cc(F)c4)c3)c3ccc4oc5ccccc5c4c3)c2)c1. The summed E-state index contributed by atoms with van der Waals surface area (Å²) in [4.78, 5) is 1.99. The highest BCUT2D eigenvalue weighted by atomic mass is 19.1. The summed E-state index contributed by atoms with van der Waals surface area (Å²) >= 11 is 0. The Balaban J connectivity index is 1.43. The summed E-state index contributed by atoms with van der Waals surface area (Å²) in [5.74, 6) is -2.67. The van der Waals surface area contributed by atoms with Crippen molar-refractivity contribution in [2.24, 2.45) is 0 Å². The van der Waals surface area contributed by atoms with Gasteiger partial charge in [0, 0.05) is 40.0 Å². The molecule has 0 fully saturated rings. The quantitative estimate of drug-likeness (QED) is 0.195. The van der Waals surface area contributed by atoms with Crippen LogP contribution in [0.3, 0.4) is 0 Å². The molecule has 0 saturated heterocycles. The van der Waals surface area contributed by atoms with E-state index in [-0.39, 0.29) is 0 Å². The van der Waals surface area contributed by atoms with Crippen LogP contribution in [0.1, 0.15) is 0 Å². The second kappa shape index (κ2) is 10.2. The van der Waals surface area contributed by atoms with Crippen LogP contribution in [0.25, 0.3) is 44.2 Å². The van der Waals surface area contributed by atoms with E-state index in [9.17, 15) is 17.6 Å². The first-order valence-corrected chi connectivity index (χ1v) is 13.3. The van der Waals surface area contributed by atoms with E-state index in [1.165, 1.54) is 24.3 Å². The van der Waals surface area contributed by atoms with Gasteiger partial charge in [0.15, 0.2) is 0 Å². The van der Waals surface area contributed by atoms with E-state index < -0.39 is 23.3 Å². The average Bonchev–Trinajstić information content (AvgIpc) is 3.35. The maximum Gasteiger partial charge on any atom is 0.135 e. The van der Waals surface area contributed by atoms with E-state index in [4.69, 9.17) is 4.42 Å². The summed E-state index contributed by atoms with van der Waals surface area (Å²) in [6.45, 7) is 0. The first kappa shape index (κ1) is 25.6. The molecule has 0 atom stereocenters. The van der Waals surface area contributed by atoms with Gasteiger partial charge in [0.1, 0.15) is 34.4 Å². The van der Waals surface area contributed by atoms with Crippen LogP contribution in [0, 0.1) is 23.3 Å². The molecule has 204 valence electrons. The molecule has 7 rings (SSSR count). The number of hydrogen-bond acceptors (Lipinski definition) is 2. The average molecular weight is 560 g/mol. The van der Waals surface area contributed by atoms with E-state index in [1.807, 2.05) is 83.8 Å². The lowest BCUT2D eigenvalue weighted by atomic mass is 10.0. The van der Waals surface area contributed by atoms with Crippen molar-refractivity contribution in [2.75, 3.05) is 4.90 Å². The second-order valence-electron chi connectivity index (χ2n) is 10.0. The molecule has 0 N–H and O–H groups in total. The molecular formula is C36H21F4NO. The first-order chi connectivity index (χ1) is 20.4. The third kappa shape index (κ3) is 4.77. The van der Waals surface area contributed by atoms with Crippen LogP contribution in [-0.2, 0) is 0 Å². The molecule has 0 aliphatic carbocycles. The van der Waals surface area contributed by atoms with Crippen molar-refractivity contribution in [1.82, 2.24) is 0 Å². The summed E-state index contributed by atoms with van der Waals surface area (Å²) in [6.07, 6.45) is 0. The predicted octanol–water partition coefficient (Wildman–Crippen LogP) is 10.9. The van der Waals surface area contributed by atoms with Crippen LogP contribution in [0.4, 0.5) is 34.6 Å². The molecule has 1 aromatic heterocycles. The Morgan fingerprint density at radius 2 is 0.881 bits per heavy atom. The molecule has 0 aliphatic heterocycles. The molecule has 0 unspecified atom stereocenters. The van der Waals surface area contributed by atoms with E-state index >= 15 is 0 Å². The number of benzene rings is 6. The summed E-state index contributed by atoms with van der Waals surface area (Å²) < 4.78 is 62.4. The summed E-state index contributed by atoms with van der Waals surface area (Å²) in [5.41, 5.74) is 5.75. The van der Waals surface area contributed by atoms with Crippen LogP contribution in [0.5, 0.6) is 0 Å². The Bertz CT molecular complexity index is 1980. The van der Waals surface area contributed by atoms with Crippen molar-refractivity contribution in [2.45, 2.75) is 0 Å². The number of nitrogens with zero attached hydrogens (tertiary/aromatic N) is 1. The van der Waals surface area contributed by atoms with Crippen molar-refractivity contribution in [3.8, 4) is 22.3 Å². The van der Waals surface area contributed by atoms with E-state index in [2.05, 4.69) is 0 Å². The molecule has 1 heterocycles. The standard InChI is InChI=1S/C36H21F4NO/c37-26-13-24(14-27(38)19-26)22-5-3-7-30(17-22)41(31-8-4-6-23(18-31)25-15-28(39)20-29(40)16-25)32-11-12-36-34(21-32)33-9-1-2-10-35(33)42-36/h1-21H. The smallest absolute Gasteiger partial charge is 0.135 e. The summed E-state index contributed by atoms with van der Waals surface area (Å²) in [7, 11) is 0. The van der Waals surface area contributed by atoms with Gasteiger partial charge in [-0.25, -0.2) is 17.6 Å². The Morgan fingerprint density at radius 3 is 1.45 bits per heavy atom. The molecule has 2 nitrogen and oxygen atoms in total. The topological polar surface area (TPSA) is 16.4 Å². The molecule has 0 aliphatic rings. The third-order valence-electron chi connectivity index (χ3n) is 7.22. The number of furan rings is 1. The highest BCUT2D eigenvalue weighted by Gasteiger charge is 2.17. The number of para-hydroxylation sites is 1. The van der Waals surface area contributed by atoms with Gasteiger partial charge >= 0.3 is 0 Å². The summed E-state index contributed by atoms with van der Waals surface area (Å²) in [6, 6.07) is 35.1. The Hall–Kier alpha value is -5.36. The van der Waals surface area contributed by atoms with Gasteiger partial charge < -0.3 is 9.32 Å². The molecule has 0 spiro atoms. The highest BCUT2D eigenvalue weighted by Crippen LogP contribution is 2.41. The Kier molecular flexibility index (Phi) is 6.24. The zero-order chi connectivity index (χ0) is 28.8. The molecule has 6 heteroatoms. The van der Waals surface area contributed by atoms with Gasteiger partial charge in [0.05, 0.1) is 0 Å². The van der Waals surface area contributed by atoms with E-state index in [1.54, 1.807) is 12.1 Å². The molecule has 6 aromatic carbocycles. The zero-order valence-electron chi connectivity index (χ0n) is 22.0. The van der Waals surface area contributed by atoms with E-state index in [0.29, 0.717) is 33.6 Å². The number of halogens is 4. The zero-order valence-corrected chi connectivity index (χ0v) is 22.0. The van der Waals surface area contributed by atoms with Crippen LogP contribution in [-0.4, -0.2) is 0 Å². The maximum absolute atomic E-state index is 14.1. The molecule has 42 heavy (non-hydrogen) atoms. The van der Waals surface area contributed by atoms with Crippen molar-refractivity contribution < 1.29 is 22.0 Å². The van der Waals surface area contributed by atoms with Crippen molar-refractivity contribution >= 4 is 39.0 Å². The maximum atomic E-state index is 14.1. The second-order valence-corrected chi connectivity index (χ2v) is 10.0. The van der Waals surface area contributed by atoms with Gasteiger partial charge in [-0.3, -0.25) is 0 Å². The summed E-state index contributed by atoms with van der Waals surface area (Å²) in [5, 5.41) is 1.88. The van der Waals surface area contributed by atoms with Crippen LogP contribution < -0.4 is 4.90 Å². The van der Waals surface area contributed by atoms with Gasteiger partial charge in [-0.15, -0.1) is 0 Å². The van der Waals surface area contributed by atoms with Gasteiger partial charge in [0.25, 0.3) is 0 Å². The van der Waals surface area contributed by atoms with Crippen molar-refractivity contribution in [3.05, 3.63) is 151 Å². The Labute approximate surface area is 238 Å². The molecular weight excluding hydrogens is 538 g/mol. The largest absolute Gasteiger partial charge is 0.456 e. The lowest BCUT2D eigenvalue weighted by molar-refractivity contribution is 0.583. The minimum Gasteiger partial charge on any atom is -0.456 e. The molecule has 0 radical (unpaired) electrons. The first-order valence-electron chi connectivity index (χ1n) is 13.3. The lowest BCUT2D eigenvalue weighted by Gasteiger charge is -2.26. The molecule has 7 aromatic rings. The van der Waals surface area contributed by atoms with Crippen LogP contribution in [0.15, 0.2) is 132 Å². The molecule has 0 bridgehead atoms. The van der Waals surface area contributed by atoms with Gasteiger partial charge in [-0.2, -0.15) is 0 Å². The monoisotopic (exact) mass is 559 g/mol. The van der Waals surface area contributed by atoms with Crippen molar-refractivity contribution in [1.29, 1.82) is 0 Å². The van der Waals surface area contributed by atoms with Crippen LogP contribution >= 0.6 is 0 Å². The minimum absolute atomic E-state index is 0.398. The fourth-order valence-corrected chi connectivity index (χ4v) is 5.39. The third-order valence-corrected chi connectivity index (χ3v) is 7.22. The predicted molar refractivity (Wildman–Crippen MR) is 159 cm³/mol. The van der Waals surface area contributed by atoms with Gasteiger partial charge in [-0.1, -0.05) is 42.5 Å². The number of fused-ring (bicyclic) bond motifs is 3.